The van der Waals surface area contributed by atoms with Crippen LogP contribution in [0.1, 0.15) is 40.8 Å². The SMILES string of the molecule is O=C(NCc1ncccc1F)c1cnn(C2CCN(Cc3nc4ccccc4[nH]3)CC2)c1. The lowest BCUT2D eigenvalue weighted by Crippen LogP contribution is -2.34. The summed E-state index contributed by atoms with van der Waals surface area (Å²) in [6.45, 7) is 2.69. The molecule has 1 saturated heterocycles. The molecule has 32 heavy (non-hydrogen) atoms. The number of rotatable bonds is 6. The molecule has 0 radical (unpaired) electrons. The highest BCUT2D eigenvalue weighted by molar-refractivity contribution is 5.93. The van der Waals surface area contributed by atoms with Crippen LogP contribution in [0.2, 0.25) is 0 Å². The Hall–Kier alpha value is -3.59. The van der Waals surface area contributed by atoms with Crippen LogP contribution in [0.5, 0.6) is 0 Å². The van der Waals surface area contributed by atoms with E-state index in [0.29, 0.717) is 5.56 Å². The number of piperidine rings is 1. The summed E-state index contributed by atoms with van der Waals surface area (Å²) in [5, 5.41) is 7.10. The van der Waals surface area contributed by atoms with Crippen LogP contribution in [0.4, 0.5) is 4.39 Å². The number of pyridine rings is 1. The average Bonchev–Trinajstić information content (AvgIpc) is 3.46. The quantitative estimate of drug-likeness (QED) is 0.488. The number of hydrogen-bond acceptors (Lipinski definition) is 5. The number of nitrogens with zero attached hydrogens (tertiary/aromatic N) is 5. The number of likely N-dealkylation sites (tertiary alicyclic amines) is 1. The number of aromatic amines is 1. The minimum atomic E-state index is -0.432. The number of H-pyrrole nitrogens is 1. The van der Waals surface area contributed by atoms with Gasteiger partial charge in [-0.2, -0.15) is 5.10 Å². The molecule has 0 saturated carbocycles. The Kier molecular flexibility index (Phi) is 5.64. The fourth-order valence-electron chi connectivity index (χ4n) is 4.10. The molecule has 4 heterocycles. The first-order valence-electron chi connectivity index (χ1n) is 10.7. The van der Waals surface area contributed by atoms with Crippen LogP contribution in [0, 0.1) is 5.82 Å². The molecule has 0 bridgehead atoms. The van der Waals surface area contributed by atoms with Gasteiger partial charge in [-0.25, -0.2) is 9.37 Å². The van der Waals surface area contributed by atoms with E-state index in [4.69, 9.17) is 0 Å². The third-order valence-corrected chi connectivity index (χ3v) is 5.86. The molecule has 0 spiro atoms. The maximum absolute atomic E-state index is 13.7. The number of carbonyl (C=O) groups is 1. The zero-order valence-electron chi connectivity index (χ0n) is 17.5. The number of nitrogens with one attached hydrogen (secondary N) is 2. The lowest BCUT2D eigenvalue weighted by atomic mass is 10.1. The Balaban J connectivity index is 1.14. The lowest BCUT2D eigenvalue weighted by Gasteiger charge is -2.31. The second-order valence-corrected chi connectivity index (χ2v) is 8.03. The van der Waals surface area contributed by atoms with Gasteiger partial charge in [-0.3, -0.25) is 19.4 Å². The number of aromatic nitrogens is 5. The number of amides is 1. The summed E-state index contributed by atoms with van der Waals surface area (Å²) in [4.78, 5) is 26.8. The van der Waals surface area contributed by atoms with Crippen molar-refractivity contribution >= 4 is 16.9 Å². The van der Waals surface area contributed by atoms with Crippen LogP contribution in [0.3, 0.4) is 0 Å². The van der Waals surface area contributed by atoms with E-state index in [2.05, 4.69) is 30.3 Å². The van der Waals surface area contributed by atoms with Crippen LogP contribution < -0.4 is 5.32 Å². The Labute approximate surface area is 184 Å². The van der Waals surface area contributed by atoms with E-state index in [1.165, 1.54) is 18.3 Å². The molecule has 164 valence electrons. The summed E-state index contributed by atoms with van der Waals surface area (Å²) in [7, 11) is 0. The third-order valence-electron chi connectivity index (χ3n) is 5.86. The van der Waals surface area contributed by atoms with E-state index in [-0.39, 0.29) is 24.2 Å². The molecule has 2 N–H and O–H groups in total. The maximum atomic E-state index is 13.7. The highest BCUT2D eigenvalue weighted by atomic mass is 19.1. The number of imidazole rings is 1. The monoisotopic (exact) mass is 433 g/mol. The molecular formula is C23H24FN7O. The molecule has 3 aromatic heterocycles. The summed E-state index contributed by atoms with van der Waals surface area (Å²) < 4.78 is 15.5. The minimum absolute atomic E-state index is 0.0386. The van der Waals surface area contributed by atoms with Gasteiger partial charge in [0, 0.05) is 25.5 Å². The molecule has 8 nitrogen and oxygen atoms in total. The van der Waals surface area contributed by atoms with E-state index in [9.17, 15) is 9.18 Å². The van der Waals surface area contributed by atoms with Gasteiger partial charge in [0.1, 0.15) is 11.6 Å². The molecule has 1 fully saturated rings. The number of benzene rings is 1. The van der Waals surface area contributed by atoms with E-state index in [0.717, 1.165) is 49.3 Å². The van der Waals surface area contributed by atoms with Gasteiger partial charge < -0.3 is 10.3 Å². The molecule has 9 heteroatoms. The standard InChI is InChI=1S/C23H24FN7O/c24-18-4-3-9-25-21(18)13-26-23(32)16-12-27-31(14-16)17-7-10-30(11-8-17)15-22-28-19-5-1-2-6-20(19)29-22/h1-6,9,12,14,17H,7-8,10-11,13,15H2,(H,26,32)(H,28,29). The largest absolute Gasteiger partial charge is 0.346 e. The van der Waals surface area contributed by atoms with Gasteiger partial charge in [0.25, 0.3) is 5.91 Å². The number of para-hydroxylation sites is 2. The predicted octanol–water partition coefficient (Wildman–Crippen LogP) is 3.06. The zero-order valence-corrected chi connectivity index (χ0v) is 17.5. The Morgan fingerprint density at radius 2 is 2.03 bits per heavy atom. The number of halogens is 1. The Morgan fingerprint density at radius 3 is 2.84 bits per heavy atom. The van der Waals surface area contributed by atoms with Crippen molar-refractivity contribution in [3.63, 3.8) is 0 Å². The Bertz CT molecular complexity index is 1190. The van der Waals surface area contributed by atoms with Crippen LogP contribution in [0.15, 0.2) is 55.0 Å². The maximum Gasteiger partial charge on any atom is 0.254 e. The number of carbonyl (C=O) groups excluding carboxylic acids is 1. The summed E-state index contributed by atoms with van der Waals surface area (Å²) in [5.74, 6) is 0.258. The van der Waals surface area contributed by atoms with E-state index in [1.807, 2.05) is 28.9 Å². The molecule has 1 aromatic carbocycles. The molecule has 0 unspecified atom stereocenters. The van der Waals surface area contributed by atoms with Crippen molar-refractivity contribution in [1.82, 2.24) is 34.9 Å². The first-order chi connectivity index (χ1) is 15.7. The average molecular weight is 433 g/mol. The first-order valence-corrected chi connectivity index (χ1v) is 10.7. The topological polar surface area (TPSA) is 91.7 Å². The van der Waals surface area contributed by atoms with Crippen LogP contribution in [0.25, 0.3) is 11.0 Å². The highest BCUT2D eigenvalue weighted by Crippen LogP contribution is 2.23. The third kappa shape index (κ3) is 4.38. The second-order valence-electron chi connectivity index (χ2n) is 8.03. The summed E-state index contributed by atoms with van der Waals surface area (Å²) >= 11 is 0. The van der Waals surface area contributed by atoms with Gasteiger partial charge in [0.15, 0.2) is 0 Å². The molecule has 1 amide bonds. The van der Waals surface area contributed by atoms with Gasteiger partial charge in [-0.1, -0.05) is 12.1 Å². The molecule has 5 rings (SSSR count). The van der Waals surface area contributed by atoms with Crippen LogP contribution in [-0.4, -0.2) is 48.6 Å². The van der Waals surface area contributed by atoms with Gasteiger partial charge >= 0.3 is 0 Å². The predicted molar refractivity (Wildman–Crippen MR) is 117 cm³/mol. The molecule has 1 aliphatic rings. The van der Waals surface area contributed by atoms with Gasteiger partial charge in [-0.15, -0.1) is 0 Å². The van der Waals surface area contributed by atoms with E-state index >= 15 is 0 Å². The normalized spacial score (nSPS) is 15.3. The van der Waals surface area contributed by atoms with Crippen molar-refractivity contribution < 1.29 is 9.18 Å². The summed E-state index contributed by atoms with van der Waals surface area (Å²) in [5.41, 5.74) is 2.73. The number of fused-ring (bicyclic) bond motifs is 1. The fraction of sp³-hybridized carbons (Fsp3) is 0.304. The highest BCUT2D eigenvalue weighted by Gasteiger charge is 2.23. The lowest BCUT2D eigenvalue weighted by molar-refractivity contribution is 0.0949. The molecule has 1 aliphatic heterocycles. The summed E-state index contributed by atoms with van der Waals surface area (Å²) in [6, 6.07) is 11.1. The number of hydrogen-bond donors (Lipinski definition) is 2. The van der Waals surface area contributed by atoms with E-state index < -0.39 is 5.82 Å². The zero-order chi connectivity index (χ0) is 21.9. The fourth-order valence-corrected chi connectivity index (χ4v) is 4.10. The van der Waals surface area contributed by atoms with Gasteiger partial charge in [-0.05, 0) is 37.1 Å². The van der Waals surface area contributed by atoms with Crippen molar-refractivity contribution in [1.29, 1.82) is 0 Å². The van der Waals surface area contributed by atoms with Crippen molar-refractivity contribution in [2.75, 3.05) is 13.1 Å². The molecule has 0 atom stereocenters. The Morgan fingerprint density at radius 1 is 1.19 bits per heavy atom. The van der Waals surface area contributed by atoms with Gasteiger partial charge in [0.05, 0.1) is 47.6 Å². The molecule has 0 aliphatic carbocycles. The minimum Gasteiger partial charge on any atom is -0.346 e. The summed E-state index contributed by atoms with van der Waals surface area (Å²) in [6.07, 6.45) is 6.72. The second kappa shape index (κ2) is 8.88. The molecular weight excluding hydrogens is 409 g/mol. The van der Waals surface area contributed by atoms with Crippen molar-refractivity contribution in [2.45, 2.75) is 32.0 Å². The van der Waals surface area contributed by atoms with Crippen LogP contribution in [-0.2, 0) is 13.1 Å². The van der Waals surface area contributed by atoms with Crippen molar-refractivity contribution in [3.05, 3.63) is 77.9 Å². The van der Waals surface area contributed by atoms with Crippen molar-refractivity contribution in [3.8, 4) is 0 Å². The van der Waals surface area contributed by atoms with Crippen molar-refractivity contribution in [2.24, 2.45) is 0 Å². The van der Waals surface area contributed by atoms with E-state index in [1.54, 1.807) is 12.4 Å². The van der Waals surface area contributed by atoms with Crippen LogP contribution >= 0.6 is 0 Å². The van der Waals surface area contributed by atoms with Gasteiger partial charge in [0.2, 0.25) is 0 Å². The smallest absolute Gasteiger partial charge is 0.254 e. The molecule has 4 aromatic rings. The first kappa shape index (κ1) is 20.3.